The molecular weight excluding hydrogens is 292 g/mol. The van der Waals surface area contributed by atoms with Crippen LogP contribution in [-0.2, 0) is 6.42 Å². The molecule has 20 heavy (non-hydrogen) atoms. The number of aryl methyl sites for hydroxylation is 2. The minimum atomic E-state index is -0.162. The summed E-state index contributed by atoms with van der Waals surface area (Å²) in [4.78, 5) is 32.4. The van der Waals surface area contributed by atoms with Crippen LogP contribution in [-0.4, -0.2) is 21.5 Å². The van der Waals surface area contributed by atoms with Crippen LogP contribution >= 0.6 is 23.1 Å². The zero-order chi connectivity index (χ0) is 14.5. The molecule has 0 saturated carbocycles. The van der Waals surface area contributed by atoms with Crippen molar-refractivity contribution in [2.75, 3.05) is 5.75 Å². The number of aromatic nitrogens is 2. The Labute approximate surface area is 125 Å². The molecule has 0 fully saturated rings. The highest BCUT2D eigenvalue weighted by molar-refractivity contribution is 7.99. The summed E-state index contributed by atoms with van der Waals surface area (Å²) < 4.78 is 0. The molecule has 2 rings (SSSR count). The van der Waals surface area contributed by atoms with E-state index >= 15 is 0 Å². The number of aromatic amines is 1. The first-order chi connectivity index (χ1) is 9.58. The third-order valence-electron chi connectivity index (χ3n) is 2.63. The first kappa shape index (κ1) is 15.0. The Hall–Kier alpha value is -1.40. The fraction of sp³-hybridized carbons (Fsp3) is 0.357. The summed E-state index contributed by atoms with van der Waals surface area (Å²) >= 11 is 2.77. The third kappa shape index (κ3) is 4.05. The second kappa shape index (κ2) is 6.85. The minimum absolute atomic E-state index is 0.0663. The number of rotatable bonds is 6. The topological polar surface area (TPSA) is 62.8 Å². The van der Waals surface area contributed by atoms with Crippen LogP contribution in [0.2, 0.25) is 0 Å². The molecule has 2 aromatic rings. The third-order valence-corrected chi connectivity index (χ3v) is 4.55. The van der Waals surface area contributed by atoms with E-state index in [9.17, 15) is 9.59 Å². The summed E-state index contributed by atoms with van der Waals surface area (Å²) in [7, 11) is 0. The number of nitrogens with one attached hydrogen (secondary N) is 1. The van der Waals surface area contributed by atoms with E-state index in [4.69, 9.17) is 0 Å². The highest BCUT2D eigenvalue weighted by Gasteiger charge is 2.10. The summed E-state index contributed by atoms with van der Waals surface area (Å²) in [6, 6.07) is 5.29. The molecule has 0 aliphatic heterocycles. The van der Waals surface area contributed by atoms with Crippen molar-refractivity contribution in [2.45, 2.75) is 31.8 Å². The fourth-order valence-corrected chi connectivity index (χ4v) is 3.40. The number of H-pyrrole nitrogens is 1. The first-order valence-corrected chi connectivity index (χ1v) is 8.21. The molecule has 2 aromatic heterocycles. The van der Waals surface area contributed by atoms with Crippen molar-refractivity contribution < 1.29 is 4.79 Å². The molecule has 1 N–H and O–H groups in total. The van der Waals surface area contributed by atoms with Crippen LogP contribution in [0.25, 0.3) is 0 Å². The second-order valence-electron chi connectivity index (χ2n) is 4.41. The number of Topliss-reactive ketones (excluding diaryl/α,β-unsaturated/α-hetero) is 1. The van der Waals surface area contributed by atoms with Crippen LogP contribution in [0.5, 0.6) is 0 Å². The predicted molar refractivity (Wildman–Crippen MR) is 83.0 cm³/mol. The molecular formula is C14H16N2O2S2. The van der Waals surface area contributed by atoms with Crippen molar-refractivity contribution in [3.63, 3.8) is 0 Å². The largest absolute Gasteiger partial charge is 0.301 e. The number of hydrogen-bond donors (Lipinski definition) is 1. The van der Waals surface area contributed by atoms with Crippen molar-refractivity contribution in [2.24, 2.45) is 0 Å². The van der Waals surface area contributed by atoms with Crippen molar-refractivity contribution in [1.29, 1.82) is 0 Å². The normalized spacial score (nSPS) is 10.7. The van der Waals surface area contributed by atoms with Crippen LogP contribution in [0.4, 0.5) is 0 Å². The molecule has 0 aliphatic carbocycles. The first-order valence-electron chi connectivity index (χ1n) is 6.41. The zero-order valence-corrected chi connectivity index (χ0v) is 13.1. The lowest BCUT2D eigenvalue weighted by atomic mass is 10.2. The van der Waals surface area contributed by atoms with Gasteiger partial charge in [-0.05, 0) is 25.5 Å². The van der Waals surface area contributed by atoms with E-state index in [0.29, 0.717) is 10.9 Å². The monoisotopic (exact) mass is 308 g/mol. The van der Waals surface area contributed by atoms with Crippen LogP contribution < -0.4 is 5.56 Å². The number of nitrogens with zero attached hydrogens (tertiary/aromatic N) is 1. The van der Waals surface area contributed by atoms with Gasteiger partial charge in [-0.15, -0.1) is 11.3 Å². The highest BCUT2D eigenvalue weighted by Crippen LogP contribution is 2.19. The molecule has 0 radical (unpaired) electrons. The van der Waals surface area contributed by atoms with Gasteiger partial charge in [-0.1, -0.05) is 25.1 Å². The van der Waals surface area contributed by atoms with Gasteiger partial charge in [0.1, 0.15) is 0 Å². The Morgan fingerprint density at radius 2 is 2.25 bits per heavy atom. The van der Waals surface area contributed by atoms with Crippen molar-refractivity contribution >= 4 is 28.9 Å². The summed E-state index contributed by atoms with van der Waals surface area (Å²) in [5.74, 6) is 0.356. The molecule has 4 nitrogen and oxygen atoms in total. The standard InChI is InChI=1S/C14H16N2O2S2/c1-3-4-10-7-13(18)16-14(15-10)19-8-11(17)12-6-5-9(2)20-12/h5-7H,3-4,8H2,1-2H3,(H,15,16,18). The molecule has 0 spiro atoms. The molecule has 0 aromatic carbocycles. The van der Waals surface area contributed by atoms with E-state index in [2.05, 4.69) is 9.97 Å². The number of hydrogen-bond acceptors (Lipinski definition) is 5. The van der Waals surface area contributed by atoms with Gasteiger partial charge >= 0.3 is 0 Å². The van der Waals surface area contributed by atoms with E-state index in [-0.39, 0.29) is 11.3 Å². The van der Waals surface area contributed by atoms with Gasteiger partial charge in [0.15, 0.2) is 10.9 Å². The molecule has 2 heterocycles. The van der Waals surface area contributed by atoms with Crippen LogP contribution in [0.15, 0.2) is 28.2 Å². The lowest BCUT2D eigenvalue weighted by Gasteiger charge is -2.02. The van der Waals surface area contributed by atoms with E-state index < -0.39 is 0 Å². The van der Waals surface area contributed by atoms with Crippen LogP contribution in [0.3, 0.4) is 0 Å². The van der Waals surface area contributed by atoms with Gasteiger partial charge in [0.05, 0.1) is 10.6 Å². The van der Waals surface area contributed by atoms with Gasteiger partial charge in [-0.25, -0.2) is 4.98 Å². The lowest BCUT2D eigenvalue weighted by molar-refractivity contribution is 0.102. The summed E-state index contributed by atoms with van der Waals surface area (Å²) in [5.41, 5.74) is 0.614. The number of carbonyl (C=O) groups excluding carboxylic acids is 1. The van der Waals surface area contributed by atoms with E-state index in [1.54, 1.807) is 0 Å². The average molecular weight is 308 g/mol. The number of thiophene rings is 1. The molecule has 6 heteroatoms. The fourth-order valence-electron chi connectivity index (χ4n) is 1.73. The Morgan fingerprint density at radius 3 is 2.90 bits per heavy atom. The Bertz CT molecular complexity index is 661. The number of carbonyl (C=O) groups is 1. The summed E-state index contributed by atoms with van der Waals surface area (Å²) in [6.07, 6.45) is 1.71. The smallest absolute Gasteiger partial charge is 0.251 e. The average Bonchev–Trinajstić information content (AvgIpc) is 2.82. The molecule has 0 aliphatic rings. The van der Waals surface area contributed by atoms with E-state index in [1.807, 2.05) is 26.0 Å². The van der Waals surface area contributed by atoms with Gasteiger partial charge in [0.25, 0.3) is 5.56 Å². The van der Waals surface area contributed by atoms with E-state index in [0.717, 1.165) is 28.3 Å². The quantitative estimate of drug-likeness (QED) is 0.506. The van der Waals surface area contributed by atoms with Crippen molar-refractivity contribution in [1.82, 2.24) is 9.97 Å². The number of ketones is 1. The zero-order valence-electron chi connectivity index (χ0n) is 11.4. The Kier molecular flexibility index (Phi) is 5.14. The Morgan fingerprint density at radius 1 is 1.45 bits per heavy atom. The number of thioether (sulfide) groups is 1. The lowest BCUT2D eigenvalue weighted by Crippen LogP contribution is -2.11. The summed E-state index contributed by atoms with van der Waals surface area (Å²) in [6.45, 7) is 4.01. The van der Waals surface area contributed by atoms with Crippen molar-refractivity contribution in [3.05, 3.63) is 44.0 Å². The van der Waals surface area contributed by atoms with Gasteiger partial charge < -0.3 is 4.98 Å². The molecule has 0 amide bonds. The maximum absolute atomic E-state index is 12.0. The highest BCUT2D eigenvalue weighted by atomic mass is 32.2. The predicted octanol–water partition coefficient (Wildman–Crippen LogP) is 3.07. The Balaban J connectivity index is 2.03. The van der Waals surface area contributed by atoms with Gasteiger partial charge in [-0.2, -0.15) is 0 Å². The maximum Gasteiger partial charge on any atom is 0.251 e. The molecule has 106 valence electrons. The molecule has 0 unspecified atom stereocenters. The van der Waals surface area contributed by atoms with Crippen LogP contribution in [0, 0.1) is 6.92 Å². The van der Waals surface area contributed by atoms with Gasteiger partial charge in [-0.3, -0.25) is 9.59 Å². The van der Waals surface area contributed by atoms with Gasteiger partial charge in [0.2, 0.25) is 0 Å². The second-order valence-corrected chi connectivity index (χ2v) is 6.67. The molecule has 0 saturated heterocycles. The minimum Gasteiger partial charge on any atom is -0.301 e. The van der Waals surface area contributed by atoms with Crippen LogP contribution in [0.1, 0.15) is 33.6 Å². The summed E-state index contributed by atoms with van der Waals surface area (Å²) in [5, 5.41) is 0.516. The van der Waals surface area contributed by atoms with E-state index in [1.165, 1.54) is 29.2 Å². The van der Waals surface area contributed by atoms with Gasteiger partial charge in [0, 0.05) is 16.6 Å². The van der Waals surface area contributed by atoms with Crippen molar-refractivity contribution in [3.8, 4) is 0 Å². The molecule has 0 atom stereocenters. The molecule has 0 bridgehead atoms. The maximum atomic E-state index is 12.0. The SMILES string of the molecule is CCCc1cc(=O)[nH]c(SCC(=O)c2ccc(C)s2)n1.